The van der Waals surface area contributed by atoms with E-state index in [1.807, 2.05) is 54.8 Å². The van der Waals surface area contributed by atoms with E-state index in [-0.39, 0.29) is 19.1 Å². The van der Waals surface area contributed by atoms with Crippen LogP contribution in [0.1, 0.15) is 18.9 Å². The van der Waals surface area contributed by atoms with Crippen LogP contribution in [0.15, 0.2) is 66.7 Å². The highest BCUT2D eigenvalue weighted by Gasteiger charge is 2.71. The van der Waals surface area contributed by atoms with Crippen LogP contribution in [0.5, 0.6) is 0 Å². The van der Waals surface area contributed by atoms with Gasteiger partial charge in [0, 0.05) is 22.7 Å². The summed E-state index contributed by atoms with van der Waals surface area (Å²) in [5, 5.41) is 5.21. The highest BCUT2D eigenvalue weighted by atomic mass is 32.2. The summed E-state index contributed by atoms with van der Waals surface area (Å²) in [6.07, 6.45) is 2.60. The van der Waals surface area contributed by atoms with E-state index in [1.54, 1.807) is 36.9 Å². The van der Waals surface area contributed by atoms with Crippen LogP contribution in [-0.2, 0) is 29.5 Å². The second kappa shape index (κ2) is 9.81. The van der Waals surface area contributed by atoms with Crippen LogP contribution in [0.4, 0.5) is 11.4 Å². The van der Waals surface area contributed by atoms with Crippen molar-refractivity contribution in [3.63, 3.8) is 0 Å². The predicted molar refractivity (Wildman–Crippen MR) is 150 cm³/mol. The number of hydrogen-bond acceptors (Lipinski definition) is 7. The van der Waals surface area contributed by atoms with E-state index in [9.17, 15) is 19.2 Å². The summed E-state index contributed by atoms with van der Waals surface area (Å²) in [5.74, 6) is -2.54. The van der Waals surface area contributed by atoms with E-state index in [2.05, 4.69) is 5.32 Å². The normalized spacial score (nSPS) is 25.6. The summed E-state index contributed by atoms with van der Waals surface area (Å²) in [5.41, 5.74) is 0.236. The van der Waals surface area contributed by atoms with Gasteiger partial charge in [0.15, 0.2) is 0 Å². The fourth-order valence-corrected chi connectivity index (χ4v) is 7.06. The maximum Gasteiger partial charge on any atom is 0.326 e. The summed E-state index contributed by atoms with van der Waals surface area (Å²) in [6, 6.07) is 20.0. The minimum atomic E-state index is -1.46. The Balaban J connectivity index is 1.50. The van der Waals surface area contributed by atoms with Crippen LogP contribution in [0.25, 0.3) is 10.8 Å². The Bertz CT molecular complexity index is 1500. The number of anilines is 2. The average molecular weight is 544 g/mol. The van der Waals surface area contributed by atoms with Gasteiger partial charge in [-0.25, -0.2) is 4.90 Å². The molecule has 4 atom stereocenters. The molecule has 1 spiro atoms. The van der Waals surface area contributed by atoms with Gasteiger partial charge in [0.05, 0.1) is 24.1 Å². The number of carbonyl (C=O) groups is 4. The van der Waals surface area contributed by atoms with Crippen LogP contribution < -0.4 is 15.1 Å². The molecule has 200 valence electrons. The van der Waals surface area contributed by atoms with Gasteiger partial charge >= 0.3 is 5.97 Å². The maximum atomic E-state index is 14.4. The van der Waals surface area contributed by atoms with E-state index >= 15 is 0 Å². The lowest BCUT2D eigenvalue weighted by Crippen LogP contribution is -2.55. The van der Waals surface area contributed by atoms with E-state index in [0.717, 1.165) is 16.5 Å². The van der Waals surface area contributed by atoms with Gasteiger partial charge in [0.25, 0.3) is 5.91 Å². The van der Waals surface area contributed by atoms with Gasteiger partial charge in [-0.2, -0.15) is 11.8 Å². The average Bonchev–Trinajstić information content (AvgIpc) is 3.51. The van der Waals surface area contributed by atoms with Gasteiger partial charge in [-0.15, -0.1) is 0 Å². The maximum absolute atomic E-state index is 14.4. The zero-order chi connectivity index (χ0) is 27.3. The molecule has 3 aromatic rings. The third-order valence-electron chi connectivity index (χ3n) is 8.10. The molecule has 2 saturated heterocycles. The van der Waals surface area contributed by atoms with Crippen molar-refractivity contribution in [2.75, 3.05) is 35.0 Å². The van der Waals surface area contributed by atoms with Crippen molar-refractivity contribution in [3.8, 4) is 0 Å². The van der Waals surface area contributed by atoms with E-state index < -0.39 is 41.2 Å². The van der Waals surface area contributed by atoms with Crippen molar-refractivity contribution >= 4 is 57.6 Å². The molecule has 3 aliphatic rings. The lowest BCUT2D eigenvalue weighted by atomic mass is 9.76. The summed E-state index contributed by atoms with van der Waals surface area (Å²) in [7, 11) is 0. The number of rotatable bonds is 7. The van der Waals surface area contributed by atoms with E-state index in [0.29, 0.717) is 23.4 Å². The Labute approximate surface area is 230 Å². The fraction of sp³-hybridized carbons (Fsp3) is 0.333. The second-order valence-corrected chi connectivity index (χ2v) is 11.1. The van der Waals surface area contributed by atoms with E-state index in [1.165, 1.54) is 9.80 Å². The number of amides is 3. The number of esters is 1. The highest BCUT2D eigenvalue weighted by Crippen LogP contribution is 2.55. The lowest BCUT2D eigenvalue weighted by molar-refractivity contribution is -0.142. The second-order valence-electron chi connectivity index (χ2n) is 10.1. The molecule has 2 fully saturated rings. The Morgan fingerprint density at radius 1 is 0.974 bits per heavy atom. The Kier molecular flexibility index (Phi) is 6.43. The van der Waals surface area contributed by atoms with Crippen molar-refractivity contribution in [2.45, 2.75) is 24.9 Å². The topological polar surface area (TPSA) is 96.0 Å². The monoisotopic (exact) mass is 543 g/mol. The van der Waals surface area contributed by atoms with Crippen molar-refractivity contribution in [3.05, 3.63) is 72.3 Å². The number of hydrogen-bond donors (Lipinski definition) is 1. The van der Waals surface area contributed by atoms with Gasteiger partial charge in [-0.05, 0) is 42.9 Å². The van der Waals surface area contributed by atoms with Crippen LogP contribution in [-0.4, -0.2) is 54.9 Å². The quantitative estimate of drug-likeness (QED) is 0.360. The van der Waals surface area contributed by atoms with Gasteiger partial charge in [0.1, 0.15) is 12.1 Å². The molecule has 0 aromatic heterocycles. The minimum absolute atomic E-state index is 0.195. The molecule has 6 rings (SSSR count). The molecule has 0 saturated carbocycles. The lowest BCUT2D eigenvalue weighted by Gasteiger charge is -2.30. The number of thioether (sulfide) groups is 1. The highest BCUT2D eigenvalue weighted by molar-refractivity contribution is 7.98. The first kappa shape index (κ1) is 25.6. The van der Waals surface area contributed by atoms with Gasteiger partial charge < -0.3 is 4.74 Å². The predicted octanol–water partition coefficient (Wildman–Crippen LogP) is 3.48. The summed E-state index contributed by atoms with van der Waals surface area (Å²) >= 11 is 1.65. The zero-order valence-corrected chi connectivity index (χ0v) is 22.6. The Morgan fingerprint density at radius 2 is 1.69 bits per heavy atom. The molecular formula is C30H29N3O5S. The molecule has 8 nitrogen and oxygen atoms in total. The molecule has 0 unspecified atom stereocenters. The molecule has 3 aliphatic heterocycles. The summed E-state index contributed by atoms with van der Waals surface area (Å²) < 4.78 is 5.15. The molecule has 0 radical (unpaired) electrons. The number of fused-ring (bicyclic) bond motifs is 5. The number of carbonyl (C=O) groups excluding carboxylic acids is 4. The van der Waals surface area contributed by atoms with Gasteiger partial charge in [-0.1, -0.05) is 54.6 Å². The molecule has 3 amide bonds. The number of benzene rings is 3. The number of ether oxygens (including phenoxy) is 1. The molecular weight excluding hydrogens is 514 g/mol. The van der Waals surface area contributed by atoms with Crippen molar-refractivity contribution < 1.29 is 23.9 Å². The number of nitrogens with one attached hydrogen (secondary N) is 1. The fourth-order valence-electron chi connectivity index (χ4n) is 6.57. The third-order valence-corrected chi connectivity index (χ3v) is 8.74. The molecule has 9 heteroatoms. The first-order valence-electron chi connectivity index (χ1n) is 13.1. The van der Waals surface area contributed by atoms with Crippen LogP contribution in [0, 0.1) is 11.8 Å². The Morgan fingerprint density at radius 3 is 2.49 bits per heavy atom. The molecule has 0 bridgehead atoms. The standard InChI is InChI=1S/C30H29N3O5S/c1-3-38-24(34)17-32-23-13-7-6-12-20(23)30(29(32)37)26-25(21(31-30)15-16-39-2)27(35)33(28(26)36)22-14-8-10-18-9-4-5-11-19(18)22/h4-14,21,25-26,31H,3,15-17H2,1-2H3/t21-,25+,26+,30+/m1/s1. The number of nitrogens with zero attached hydrogens (tertiary/aromatic N) is 2. The smallest absolute Gasteiger partial charge is 0.326 e. The first-order valence-corrected chi connectivity index (χ1v) is 14.5. The third kappa shape index (κ3) is 3.71. The largest absolute Gasteiger partial charge is 0.465 e. The number of para-hydroxylation sites is 1. The first-order chi connectivity index (χ1) is 18.9. The summed E-state index contributed by atoms with van der Waals surface area (Å²) in [6.45, 7) is 1.64. The van der Waals surface area contributed by atoms with Crippen LogP contribution in [0.3, 0.4) is 0 Å². The molecule has 1 N–H and O–H groups in total. The van der Waals surface area contributed by atoms with Gasteiger partial charge in [0.2, 0.25) is 11.8 Å². The van der Waals surface area contributed by atoms with Crippen molar-refractivity contribution in [1.82, 2.24) is 5.32 Å². The van der Waals surface area contributed by atoms with Crippen LogP contribution in [0.2, 0.25) is 0 Å². The molecule has 39 heavy (non-hydrogen) atoms. The van der Waals surface area contributed by atoms with E-state index in [4.69, 9.17) is 4.74 Å². The van der Waals surface area contributed by atoms with Crippen molar-refractivity contribution in [2.24, 2.45) is 11.8 Å². The molecule has 3 heterocycles. The SMILES string of the molecule is CCOC(=O)CN1C(=O)[C@]2(N[C@H](CCSC)[C@@H]3C(=O)N(c4cccc5ccccc45)C(=O)[C@H]32)c2ccccc21. The van der Waals surface area contributed by atoms with Crippen molar-refractivity contribution in [1.29, 1.82) is 0 Å². The summed E-state index contributed by atoms with van der Waals surface area (Å²) in [4.78, 5) is 58.1. The van der Waals surface area contributed by atoms with Gasteiger partial charge in [-0.3, -0.25) is 29.4 Å². The molecule has 0 aliphatic carbocycles. The Hall–Kier alpha value is -3.69. The zero-order valence-electron chi connectivity index (χ0n) is 21.8. The number of imide groups is 1. The minimum Gasteiger partial charge on any atom is -0.465 e. The molecule has 3 aromatic carbocycles. The van der Waals surface area contributed by atoms with Crippen LogP contribution >= 0.6 is 11.8 Å².